The molecule has 4 nitrogen and oxygen atoms in total. The lowest BCUT2D eigenvalue weighted by Crippen LogP contribution is -2.19. The molecule has 0 spiro atoms. The van der Waals surface area contributed by atoms with Crippen molar-refractivity contribution in [1.29, 1.82) is 0 Å². The molecule has 1 aromatic rings. The predicted octanol–water partition coefficient (Wildman–Crippen LogP) is 1.64. The van der Waals surface area contributed by atoms with E-state index in [-0.39, 0.29) is 0 Å². The Bertz CT molecular complexity index is 381. The van der Waals surface area contributed by atoms with Crippen LogP contribution in [0.2, 0.25) is 0 Å². The van der Waals surface area contributed by atoms with Crippen LogP contribution in [0.3, 0.4) is 0 Å². The normalized spacial score (nSPS) is 20.5. The lowest BCUT2D eigenvalue weighted by molar-refractivity contribution is 0.399. The van der Waals surface area contributed by atoms with Gasteiger partial charge in [-0.25, -0.2) is 0 Å². The number of methoxy groups -OCH3 is 1. The van der Waals surface area contributed by atoms with Gasteiger partial charge in [0, 0.05) is 19.2 Å². The molecule has 4 heteroatoms. The van der Waals surface area contributed by atoms with E-state index in [1.54, 1.807) is 7.11 Å². The lowest BCUT2D eigenvalue weighted by atomic mass is 10.1. The highest BCUT2D eigenvalue weighted by Crippen LogP contribution is 2.25. The van der Waals surface area contributed by atoms with E-state index in [9.17, 15) is 0 Å². The molecular weight excluding hydrogens is 214 g/mol. The number of hydrogen-bond acceptors (Lipinski definition) is 4. The number of benzene rings is 1. The van der Waals surface area contributed by atoms with Gasteiger partial charge in [0.05, 0.1) is 18.5 Å². The minimum atomic E-state index is 0.714. The first-order valence-corrected chi connectivity index (χ1v) is 6.05. The zero-order valence-electron chi connectivity index (χ0n) is 10.6. The molecule has 17 heavy (non-hydrogen) atoms. The van der Waals surface area contributed by atoms with Gasteiger partial charge >= 0.3 is 0 Å². The first-order chi connectivity index (χ1) is 8.19. The van der Waals surface area contributed by atoms with Crippen LogP contribution in [0.4, 0.5) is 11.4 Å². The van der Waals surface area contributed by atoms with E-state index in [1.165, 1.54) is 13.0 Å². The van der Waals surface area contributed by atoms with Gasteiger partial charge < -0.3 is 20.7 Å². The molecular formula is C13H21N3O. The molecule has 1 saturated heterocycles. The average Bonchev–Trinajstić information content (AvgIpc) is 2.74. The van der Waals surface area contributed by atoms with Crippen molar-refractivity contribution in [2.45, 2.75) is 6.42 Å². The highest BCUT2D eigenvalue weighted by molar-refractivity contribution is 5.68. The van der Waals surface area contributed by atoms with Crippen molar-refractivity contribution in [3.05, 3.63) is 18.2 Å². The molecule has 0 aliphatic carbocycles. The topological polar surface area (TPSA) is 50.5 Å². The van der Waals surface area contributed by atoms with Crippen LogP contribution in [0.1, 0.15) is 6.42 Å². The van der Waals surface area contributed by atoms with Gasteiger partial charge in [-0.05, 0) is 38.1 Å². The van der Waals surface area contributed by atoms with Crippen molar-refractivity contribution < 1.29 is 4.74 Å². The molecule has 0 saturated carbocycles. The van der Waals surface area contributed by atoms with E-state index in [0.717, 1.165) is 30.2 Å². The monoisotopic (exact) mass is 235 g/mol. The van der Waals surface area contributed by atoms with Crippen molar-refractivity contribution in [2.24, 2.45) is 5.92 Å². The van der Waals surface area contributed by atoms with E-state index in [4.69, 9.17) is 10.5 Å². The number of nitrogens with zero attached hydrogens (tertiary/aromatic N) is 1. The van der Waals surface area contributed by atoms with Gasteiger partial charge in [0.25, 0.3) is 0 Å². The standard InChI is InChI=1S/C13H21N3O/c1-16-6-5-10(9-16)8-15-13-7-11(17-2)3-4-12(13)14/h3-4,7,10,15H,5-6,8-9,14H2,1-2H3. The van der Waals surface area contributed by atoms with Gasteiger partial charge in [0.2, 0.25) is 0 Å². The Labute approximate surface area is 103 Å². The molecule has 2 rings (SSSR count). The summed E-state index contributed by atoms with van der Waals surface area (Å²) in [4.78, 5) is 2.36. The summed E-state index contributed by atoms with van der Waals surface area (Å²) in [5.41, 5.74) is 7.67. The fourth-order valence-electron chi connectivity index (χ4n) is 2.26. The largest absolute Gasteiger partial charge is 0.497 e. The number of rotatable bonds is 4. The average molecular weight is 235 g/mol. The number of nitrogens with two attached hydrogens (primary N) is 1. The third-order valence-electron chi connectivity index (χ3n) is 3.33. The number of likely N-dealkylation sites (tertiary alicyclic amines) is 1. The Kier molecular flexibility index (Phi) is 3.74. The molecule has 0 amide bonds. The van der Waals surface area contributed by atoms with Crippen molar-refractivity contribution in [3.63, 3.8) is 0 Å². The highest BCUT2D eigenvalue weighted by atomic mass is 16.5. The zero-order valence-corrected chi connectivity index (χ0v) is 10.6. The summed E-state index contributed by atoms with van der Waals surface area (Å²) in [6.45, 7) is 3.33. The van der Waals surface area contributed by atoms with Crippen LogP contribution in [0, 0.1) is 5.92 Å². The van der Waals surface area contributed by atoms with E-state index in [0.29, 0.717) is 5.92 Å². The molecule has 0 aromatic heterocycles. The second-order valence-corrected chi connectivity index (χ2v) is 4.75. The fourth-order valence-corrected chi connectivity index (χ4v) is 2.26. The van der Waals surface area contributed by atoms with E-state index >= 15 is 0 Å². The maximum Gasteiger partial charge on any atom is 0.121 e. The third kappa shape index (κ3) is 3.03. The first-order valence-electron chi connectivity index (χ1n) is 6.05. The van der Waals surface area contributed by atoms with Crippen LogP contribution in [0.25, 0.3) is 0 Å². The van der Waals surface area contributed by atoms with Gasteiger partial charge in [-0.2, -0.15) is 0 Å². The smallest absolute Gasteiger partial charge is 0.121 e. The van der Waals surface area contributed by atoms with Gasteiger partial charge in [-0.1, -0.05) is 0 Å². The Morgan fingerprint density at radius 2 is 2.35 bits per heavy atom. The third-order valence-corrected chi connectivity index (χ3v) is 3.33. The lowest BCUT2D eigenvalue weighted by Gasteiger charge is -2.15. The Balaban J connectivity index is 1.94. The van der Waals surface area contributed by atoms with Crippen molar-refractivity contribution >= 4 is 11.4 Å². The van der Waals surface area contributed by atoms with Crippen LogP contribution >= 0.6 is 0 Å². The molecule has 1 atom stereocenters. The summed E-state index contributed by atoms with van der Waals surface area (Å²) in [5, 5.41) is 3.42. The molecule has 0 radical (unpaired) electrons. The first kappa shape index (κ1) is 12.0. The molecule has 3 N–H and O–H groups in total. The molecule has 1 unspecified atom stereocenters. The summed E-state index contributed by atoms with van der Waals surface area (Å²) in [7, 11) is 3.83. The maximum atomic E-state index is 5.93. The second-order valence-electron chi connectivity index (χ2n) is 4.75. The highest BCUT2D eigenvalue weighted by Gasteiger charge is 2.19. The second kappa shape index (κ2) is 5.27. The Morgan fingerprint density at radius 1 is 1.53 bits per heavy atom. The quantitative estimate of drug-likeness (QED) is 0.779. The van der Waals surface area contributed by atoms with Crippen LogP contribution in [0.15, 0.2) is 18.2 Å². The van der Waals surface area contributed by atoms with Gasteiger partial charge in [0.15, 0.2) is 0 Å². The van der Waals surface area contributed by atoms with Gasteiger partial charge in [-0.3, -0.25) is 0 Å². The van der Waals surface area contributed by atoms with Gasteiger partial charge in [-0.15, -0.1) is 0 Å². The van der Waals surface area contributed by atoms with Crippen LogP contribution in [-0.4, -0.2) is 38.7 Å². The van der Waals surface area contributed by atoms with Crippen LogP contribution in [0.5, 0.6) is 5.75 Å². The summed E-state index contributed by atoms with van der Waals surface area (Å²) in [6.07, 6.45) is 1.26. The summed E-state index contributed by atoms with van der Waals surface area (Å²) < 4.78 is 5.19. The minimum Gasteiger partial charge on any atom is -0.497 e. The summed E-state index contributed by atoms with van der Waals surface area (Å²) in [5.74, 6) is 1.55. The summed E-state index contributed by atoms with van der Waals surface area (Å²) in [6, 6.07) is 5.71. The van der Waals surface area contributed by atoms with E-state index < -0.39 is 0 Å². The molecule has 94 valence electrons. The van der Waals surface area contributed by atoms with Crippen LogP contribution < -0.4 is 15.8 Å². The molecule has 1 aliphatic heterocycles. The number of nitrogens with one attached hydrogen (secondary N) is 1. The Hall–Kier alpha value is -1.42. The van der Waals surface area contributed by atoms with Crippen molar-refractivity contribution in [3.8, 4) is 5.75 Å². The van der Waals surface area contributed by atoms with Crippen molar-refractivity contribution in [2.75, 3.05) is 44.8 Å². The predicted molar refractivity (Wildman–Crippen MR) is 71.5 cm³/mol. The minimum absolute atomic E-state index is 0.714. The number of nitrogen functional groups attached to an aromatic ring is 1. The molecule has 1 aromatic carbocycles. The van der Waals surface area contributed by atoms with E-state index in [2.05, 4.69) is 17.3 Å². The fraction of sp³-hybridized carbons (Fsp3) is 0.538. The maximum absolute atomic E-state index is 5.93. The van der Waals surface area contributed by atoms with Gasteiger partial charge in [0.1, 0.15) is 5.75 Å². The van der Waals surface area contributed by atoms with Crippen LogP contribution in [-0.2, 0) is 0 Å². The summed E-state index contributed by atoms with van der Waals surface area (Å²) >= 11 is 0. The number of anilines is 2. The Morgan fingerprint density at radius 3 is 3.00 bits per heavy atom. The molecule has 1 fully saturated rings. The van der Waals surface area contributed by atoms with Crippen molar-refractivity contribution in [1.82, 2.24) is 4.90 Å². The molecule has 0 bridgehead atoms. The van der Waals surface area contributed by atoms with E-state index in [1.807, 2.05) is 18.2 Å². The molecule has 1 heterocycles. The molecule has 1 aliphatic rings. The number of ether oxygens (including phenoxy) is 1. The SMILES string of the molecule is COc1ccc(N)c(NCC2CCN(C)C2)c1. The zero-order chi connectivity index (χ0) is 12.3. The number of hydrogen-bond donors (Lipinski definition) is 2.